The van der Waals surface area contributed by atoms with E-state index in [2.05, 4.69) is 0 Å². The number of carboxylic acids is 1. The van der Waals surface area contributed by atoms with Gasteiger partial charge < -0.3 is 14.9 Å². The van der Waals surface area contributed by atoms with Crippen molar-refractivity contribution >= 4 is 17.6 Å². The van der Waals surface area contributed by atoms with Gasteiger partial charge >= 0.3 is 5.97 Å². The van der Waals surface area contributed by atoms with Crippen molar-refractivity contribution in [2.24, 2.45) is 0 Å². The highest BCUT2D eigenvalue weighted by molar-refractivity contribution is 6.31. The second kappa shape index (κ2) is 5.44. The third kappa shape index (κ3) is 2.94. The Morgan fingerprint density at radius 2 is 2.24 bits per heavy atom. The number of hydrogen-bond donors (Lipinski definition) is 2. The second-order valence-corrected chi connectivity index (χ2v) is 3.94. The van der Waals surface area contributed by atoms with E-state index in [1.54, 1.807) is 0 Å². The number of benzene rings is 1. The van der Waals surface area contributed by atoms with Crippen LogP contribution in [-0.4, -0.2) is 29.4 Å². The molecule has 1 aromatic carbocycles. The Bertz CT molecular complexity index is 424. The van der Waals surface area contributed by atoms with E-state index in [9.17, 15) is 9.18 Å². The number of carbonyl (C=O) groups is 1. The van der Waals surface area contributed by atoms with Crippen molar-refractivity contribution in [2.75, 3.05) is 13.2 Å². The maximum absolute atomic E-state index is 12.9. The van der Waals surface area contributed by atoms with Crippen molar-refractivity contribution in [3.63, 3.8) is 0 Å². The van der Waals surface area contributed by atoms with Gasteiger partial charge in [0.15, 0.2) is 5.60 Å². The first-order valence-electron chi connectivity index (χ1n) is 4.85. The van der Waals surface area contributed by atoms with Crippen LogP contribution in [0.4, 0.5) is 4.39 Å². The molecule has 0 aliphatic carbocycles. The molecule has 0 aliphatic rings. The lowest BCUT2D eigenvalue weighted by Gasteiger charge is -2.26. The Labute approximate surface area is 103 Å². The van der Waals surface area contributed by atoms with E-state index in [0.717, 1.165) is 12.1 Å². The number of carboxylic acid groups (broad SMARTS) is 1. The zero-order valence-corrected chi connectivity index (χ0v) is 9.87. The number of halogens is 2. The minimum Gasteiger partial charge on any atom is -0.479 e. The summed E-state index contributed by atoms with van der Waals surface area (Å²) in [5.41, 5.74) is -1.57. The molecule has 1 unspecified atom stereocenters. The first-order valence-corrected chi connectivity index (χ1v) is 5.23. The number of rotatable bonds is 5. The summed E-state index contributed by atoms with van der Waals surface area (Å²) in [7, 11) is 0. The molecule has 17 heavy (non-hydrogen) atoms. The van der Waals surface area contributed by atoms with E-state index in [4.69, 9.17) is 26.6 Å². The number of aliphatic hydroxyl groups excluding tert-OH is 1. The maximum atomic E-state index is 12.9. The Hall–Kier alpha value is -1.17. The van der Waals surface area contributed by atoms with Gasteiger partial charge in [-0.15, -0.1) is 0 Å². The third-order valence-corrected chi connectivity index (χ3v) is 2.65. The van der Waals surface area contributed by atoms with Crippen LogP contribution in [0.2, 0.25) is 5.02 Å². The predicted molar refractivity (Wildman–Crippen MR) is 59.4 cm³/mol. The Kier molecular flexibility index (Phi) is 4.45. The van der Waals surface area contributed by atoms with E-state index in [-0.39, 0.29) is 23.8 Å². The smallest absolute Gasteiger partial charge is 0.340 e. The van der Waals surface area contributed by atoms with Crippen LogP contribution in [0.1, 0.15) is 12.5 Å². The molecule has 6 heteroatoms. The van der Waals surface area contributed by atoms with Crippen LogP contribution in [0.3, 0.4) is 0 Å². The third-order valence-electron chi connectivity index (χ3n) is 2.34. The largest absolute Gasteiger partial charge is 0.479 e. The van der Waals surface area contributed by atoms with Crippen LogP contribution in [0, 0.1) is 5.82 Å². The van der Waals surface area contributed by atoms with Gasteiger partial charge in [-0.25, -0.2) is 9.18 Å². The minimum atomic E-state index is -1.71. The van der Waals surface area contributed by atoms with Crippen LogP contribution < -0.4 is 0 Å². The maximum Gasteiger partial charge on any atom is 0.340 e. The number of hydrogen-bond acceptors (Lipinski definition) is 3. The summed E-state index contributed by atoms with van der Waals surface area (Å²) < 4.78 is 18.0. The molecule has 0 heterocycles. The lowest BCUT2D eigenvalue weighted by molar-refractivity contribution is -0.166. The van der Waals surface area contributed by atoms with Crippen LogP contribution in [0.25, 0.3) is 0 Å². The molecule has 1 aromatic rings. The molecule has 1 atom stereocenters. The molecule has 0 radical (unpaired) electrons. The van der Waals surface area contributed by atoms with Gasteiger partial charge in [-0.2, -0.15) is 0 Å². The molecule has 0 aliphatic heterocycles. The molecule has 4 nitrogen and oxygen atoms in total. The number of aliphatic carboxylic acids is 1. The molecule has 0 bridgehead atoms. The average Bonchev–Trinajstić information content (AvgIpc) is 2.25. The predicted octanol–water partition coefficient (Wildman–Crippen LogP) is 1.79. The fourth-order valence-electron chi connectivity index (χ4n) is 1.38. The van der Waals surface area contributed by atoms with Gasteiger partial charge in [0.25, 0.3) is 0 Å². The molecule has 0 saturated carbocycles. The van der Waals surface area contributed by atoms with Crippen molar-refractivity contribution in [3.8, 4) is 0 Å². The molecule has 0 aromatic heterocycles. The summed E-state index contributed by atoms with van der Waals surface area (Å²) >= 11 is 5.79. The molecular formula is C11H12ClFO4. The monoisotopic (exact) mass is 262 g/mol. The normalized spacial score (nSPS) is 14.4. The van der Waals surface area contributed by atoms with Crippen LogP contribution in [0.15, 0.2) is 18.2 Å². The van der Waals surface area contributed by atoms with E-state index in [0.29, 0.717) is 0 Å². The lowest BCUT2D eigenvalue weighted by atomic mass is 9.95. The molecule has 0 saturated heterocycles. The minimum absolute atomic E-state index is 0.0344. The SMILES string of the molecule is CC(OCCO)(C(=O)O)c1ccc(F)cc1Cl. The van der Waals surface area contributed by atoms with Crippen LogP contribution in [0.5, 0.6) is 0 Å². The first-order chi connectivity index (χ1) is 7.91. The summed E-state index contributed by atoms with van der Waals surface area (Å²) in [6, 6.07) is 3.37. The molecule has 94 valence electrons. The molecule has 0 fully saturated rings. The van der Waals surface area contributed by atoms with Gasteiger partial charge in [0.2, 0.25) is 0 Å². The summed E-state index contributed by atoms with van der Waals surface area (Å²) in [6.07, 6.45) is 0. The fourth-order valence-corrected chi connectivity index (χ4v) is 1.73. The Balaban J connectivity index is 3.17. The Morgan fingerprint density at radius 1 is 1.59 bits per heavy atom. The van der Waals surface area contributed by atoms with Gasteiger partial charge in [0.05, 0.1) is 18.2 Å². The highest BCUT2D eigenvalue weighted by Crippen LogP contribution is 2.32. The van der Waals surface area contributed by atoms with Crippen molar-refractivity contribution in [1.82, 2.24) is 0 Å². The zero-order valence-electron chi connectivity index (χ0n) is 9.11. The molecular weight excluding hydrogens is 251 g/mol. The summed E-state index contributed by atoms with van der Waals surface area (Å²) in [4.78, 5) is 11.2. The second-order valence-electron chi connectivity index (χ2n) is 3.53. The van der Waals surface area contributed by atoms with Crippen LogP contribution >= 0.6 is 11.6 Å². The van der Waals surface area contributed by atoms with Crippen LogP contribution in [-0.2, 0) is 15.1 Å². The van der Waals surface area contributed by atoms with E-state index in [1.165, 1.54) is 13.0 Å². The van der Waals surface area contributed by atoms with Crippen molar-refractivity contribution in [2.45, 2.75) is 12.5 Å². The topological polar surface area (TPSA) is 66.8 Å². The van der Waals surface area contributed by atoms with Gasteiger partial charge in [0, 0.05) is 5.56 Å². The first kappa shape index (κ1) is 13.9. The summed E-state index contributed by atoms with van der Waals surface area (Å²) in [5, 5.41) is 17.8. The number of aliphatic hydroxyl groups is 1. The summed E-state index contributed by atoms with van der Waals surface area (Å²) in [5.74, 6) is -1.83. The zero-order chi connectivity index (χ0) is 13.1. The highest BCUT2D eigenvalue weighted by Gasteiger charge is 2.38. The van der Waals surface area contributed by atoms with Gasteiger partial charge in [-0.3, -0.25) is 0 Å². The molecule has 0 spiro atoms. The number of ether oxygens (including phenoxy) is 1. The fraction of sp³-hybridized carbons (Fsp3) is 0.364. The van der Waals surface area contributed by atoms with Gasteiger partial charge in [0.1, 0.15) is 5.82 Å². The van der Waals surface area contributed by atoms with Gasteiger partial charge in [-0.05, 0) is 19.1 Å². The quantitative estimate of drug-likeness (QED) is 0.849. The standard InChI is InChI=1S/C11H12ClFO4/c1-11(10(15)16,17-5-4-14)8-3-2-7(13)6-9(8)12/h2-3,6,14H,4-5H2,1H3,(H,15,16). The Morgan fingerprint density at radius 3 is 2.71 bits per heavy atom. The van der Waals surface area contributed by atoms with Crippen molar-refractivity contribution in [3.05, 3.63) is 34.6 Å². The van der Waals surface area contributed by atoms with Crippen molar-refractivity contribution < 1.29 is 24.1 Å². The van der Waals surface area contributed by atoms with E-state index >= 15 is 0 Å². The van der Waals surface area contributed by atoms with E-state index in [1.807, 2.05) is 0 Å². The van der Waals surface area contributed by atoms with E-state index < -0.39 is 17.4 Å². The van der Waals surface area contributed by atoms with Crippen molar-refractivity contribution in [1.29, 1.82) is 0 Å². The molecule has 2 N–H and O–H groups in total. The summed E-state index contributed by atoms with van der Waals surface area (Å²) in [6.45, 7) is 0.822. The lowest BCUT2D eigenvalue weighted by Crippen LogP contribution is -2.36. The average molecular weight is 263 g/mol. The highest BCUT2D eigenvalue weighted by atomic mass is 35.5. The van der Waals surface area contributed by atoms with Gasteiger partial charge in [-0.1, -0.05) is 17.7 Å². The molecule has 0 amide bonds. The molecule has 1 rings (SSSR count).